The SMILES string of the molecule is N#Cc1ccc(C=NNC(=O)COc2ccc(Cl)cc2Cl)cc1. The number of carbonyl (C=O) groups is 1. The lowest BCUT2D eigenvalue weighted by Gasteiger charge is -2.06. The zero-order valence-electron chi connectivity index (χ0n) is 11.8. The van der Waals surface area contributed by atoms with Crippen molar-refractivity contribution in [1.29, 1.82) is 5.26 Å². The standard InChI is InChI=1S/C16H11Cl2N3O2/c17-13-5-6-15(14(18)7-13)23-10-16(22)21-20-9-12-3-1-11(8-19)2-4-12/h1-7,9H,10H2,(H,21,22). The topological polar surface area (TPSA) is 74.5 Å². The number of nitrogens with zero attached hydrogens (tertiary/aromatic N) is 2. The Morgan fingerprint density at radius 3 is 2.65 bits per heavy atom. The molecule has 0 heterocycles. The molecule has 0 aliphatic carbocycles. The van der Waals surface area contributed by atoms with Crippen LogP contribution in [-0.2, 0) is 4.79 Å². The second-order valence-corrected chi connectivity index (χ2v) is 5.23. The maximum absolute atomic E-state index is 11.6. The molecule has 2 rings (SSSR count). The van der Waals surface area contributed by atoms with Gasteiger partial charge in [-0.25, -0.2) is 5.43 Å². The van der Waals surface area contributed by atoms with Crippen molar-refractivity contribution in [3.8, 4) is 11.8 Å². The summed E-state index contributed by atoms with van der Waals surface area (Å²) in [7, 11) is 0. The molecule has 0 bridgehead atoms. The van der Waals surface area contributed by atoms with E-state index < -0.39 is 5.91 Å². The summed E-state index contributed by atoms with van der Waals surface area (Å²) >= 11 is 11.7. The zero-order chi connectivity index (χ0) is 16.7. The van der Waals surface area contributed by atoms with Gasteiger partial charge in [-0.1, -0.05) is 35.3 Å². The van der Waals surface area contributed by atoms with Gasteiger partial charge in [0.1, 0.15) is 5.75 Å². The highest BCUT2D eigenvalue weighted by Gasteiger charge is 2.05. The average Bonchev–Trinajstić information content (AvgIpc) is 2.54. The zero-order valence-corrected chi connectivity index (χ0v) is 13.3. The minimum atomic E-state index is -0.430. The third kappa shape index (κ3) is 5.29. The van der Waals surface area contributed by atoms with E-state index in [2.05, 4.69) is 10.5 Å². The van der Waals surface area contributed by atoms with Gasteiger partial charge < -0.3 is 4.74 Å². The van der Waals surface area contributed by atoms with Crippen LogP contribution in [0.2, 0.25) is 10.0 Å². The van der Waals surface area contributed by atoms with Crippen molar-refractivity contribution in [1.82, 2.24) is 5.43 Å². The van der Waals surface area contributed by atoms with Gasteiger partial charge in [0.05, 0.1) is 22.9 Å². The summed E-state index contributed by atoms with van der Waals surface area (Å²) in [4.78, 5) is 11.6. The summed E-state index contributed by atoms with van der Waals surface area (Å²) < 4.78 is 5.27. The predicted octanol–water partition coefficient (Wildman–Crippen LogP) is 3.39. The Bertz CT molecular complexity index is 768. The largest absolute Gasteiger partial charge is 0.482 e. The quantitative estimate of drug-likeness (QED) is 0.665. The van der Waals surface area contributed by atoms with E-state index in [4.69, 9.17) is 33.2 Å². The van der Waals surface area contributed by atoms with E-state index in [1.165, 1.54) is 12.3 Å². The lowest BCUT2D eigenvalue weighted by molar-refractivity contribution is -0.123. The van der Waals surface area contributed by atoms with Gasteiger partial charge in [-0.15, -0.1) is 0 Å². The highest BCUT2D eigenvalue weighted by molar-refractivity contribution is 6.35. The molecule has 7 heteroatoms. The molecule has 116 valence electrons. The third-order valence-electron chi connectivity index (χ3n) is 2.70. The molecule has 1 N–H and O–H groups in total. The molecular weight excluding hydrogens is 337 g/mol. The van der Waals surface area contributed by atoms with Crippen LogP contribution in [0.1, 0.15) is 11.1 Å². The summed E-state index contributed by atoms with van der Waals surface area (Å²) in [5, 5.41) is 13.3. The highest BCUT2D eigenvalue weighted by Crippen LogP contribution is 2.27. The van der Waals surface area contributed by atoms with E-state index in [0.29, 0.717) is 21.4 Å². The van der Waals surface area contributed by atoms with Crippen molar-refractivity contribution in [3.63, 3.8) is 0 Å². The number of rotatable bonds is 5. The fourth-order valence-corrected chi connectivity index (χ4v) is 2.05. The molecule has 23 heavy (non-hydrogen) atoms. The lowest BCUT2D eigenvalue weighted by Crippen LogP contribution is -2.24. The van der Waals surface area contributed by atoms with Gasteiger partial charge >= 0.3 is 0 Å². The van der Waals surface area contributed by atoms with Gasteiger partial charge in [-0.2, -0.15) is 10.4 Å². The number of carbonyl (C=O) groups excluding carboxylic acids is 1. The maximum Gasteiger partial charge on any atom is 0.277 e. The first-order chi connectivity index (χ1) is 11.1. The van der Waals surface area contributed by atoms with Gasteiger partial charge in [0.2, 0.25) is 0 Å². The lowest BCUT2D eigenvalue weighted by atomic mass is 10.2. The summed E-state index contributed by atoms with van der Waals surface area (Å²) in [6.07, 6.45) is 1.47. The van der Waals surface area contributed by atoms with E-state index in [9.17, 15) is 4.79 Å². The summed E-state index contributed by atoms with van der Waals surface area (Å²) in [6, 6.07) is 13.5. The summed E-state index contributed by atoms with van der Waals surface area (Å²) in [5.74, 6) is -0.0665. The molecule has 0 atom stereocenters. The number of nitrogens with one attached hydrogen (secondary N) is 1. The van der Waals surface area contributed by atoms with E-state index in [0.717, 1.165) is 5.56 Å². The van der Waals surface area contributed by atoms with E-state index in [1.807, 2.05) is 6.07 Å². The molecule has 1 amide bonds. The van der Waals surface area contributed by atoms with Crippen LogP contribution in [0.5, 0.6) is 5.75 Å². The van der Waals surface area contributed by atoms with Crippen LogP contribution in [0.3, 0.4) is 0 Å². The number of benzene rings is 2. The molecule has 0 unspecified atom stereocenters. The first kappa shape index (κ1) is 16.8. The molecule has 2 aromatic carbocycles. The van der Waals surface area contributed by atoms with Crippen LogP contribution in [-0.4, -0.2) is 18.7 Å². The van der Waals surface area contributed by atoms with Crippen LogP contribution in [0, 0.1) is 11.3 Å². The van der Waals surface area contributed by atoms with Crippen molar-refractivity contribution in [2.24, 2.45) is 5.10 Å². The van der Waals surface area contributed by atoms with Crippen LogP contribution in [0.4, 0.5) is 0 Å². The van der Waals surface area contributed by atoms with E-state index >= 15 is 0 Å². The van der Waals surface area contributed by atoms with E-state index in [-0.39, 0.29) is 6.61 Å². The minimum Gasteiger partial charge on any atom is -0.482 e. The fraction of sp³-hybridized carbons (Fsp3) is 0.0625. The molecule has 0 aliphatic heterocycles. The molecule has 0 spiro atoms. The van der Waals surface area contributed by atoms with Gasteiger partial charge in [-0.3, -0.25) is 4.79 Å². The third-order valence-corrected chi connectivity index (χ3v) is 3.23. The van der Waals surface area contributed by atoms with Gasteiger partial charge in [0, 0.05) is 5.02 Å². The van der Waals surface area contributed by atoms with Crippen molar-refractivity contribution >= 4 is 35.3 Å². The Labute approximate surface area is 143 Å². The molecule has 5 nitrogen and oxygen atoms in total. The van der Waals surface area contributed by atoms with Crippen molar-refractivity contribution in [3.05, 3.63) is 63.6 Å². The van der Waals surface area contributed by atoms with Crippen molar-refractivity contribution in [2.75, 3.05) is 6.61 Å². The Morgan fingerprint density at radius 2 is 2.00 bits per heavy atom. The second kappa shape index (κ2) is 8.18. The van der Waals surface area contributed by atoms with Crippen LogP contribution in [0.15, 0.2) is 47.6 Å². The van der Waals surface area contributed by atoms with Gasteiger partial charge in [-0.05, 0) is 35.9 Å². The Morgan fingerprint density at radius 1 is 1.26 bits per heavy atom. The second-order valence-electron chi connectivity index (χ2n) is 4.39. The normalized spacial score (nSPS) is 10.3. The number of hydrogen-bond donors (Lipinski definition) is 1. The maximum atomic E-state index is 11.6. The molecule has 0 aliphatic rings. The van der Waals surface area contributed by atoms with Crippen LogP contribution >= 0.6 is 23.2 Å². The molecule has 2 aromatic rings. The fourth-order valence-electron chi connectivity index (χ4n) is 1.59. The first-order valence-corrected chi connectivity index (χ1v) is 7.24. The Balaban J connectivity index is 1.82. The molecular formula is C16H11Cl2N3O2. The molecule has 0 fully saturated rings. The molecule has 0 saturated heterocycles. The van der Waals surface area contributed by atoms with Crippen LogP contribution < -0.4 is 10.2 Å². The number of hydrogen-bond acceptors (Lipinski definition) is 4. The Hall–Kier alpha value is -2.55. The number of nitriles is 1. The van der Waals surface area contributed by atoms with Crippen LogP contribution in [0.25, 0.3) is 0 Å². The van der Waals surface area contributed by atoms with Gasteiger partial charge in [0.25, 0.3) is 5.91 Å². The van der Waals surface area contributed by atoms with E-state index in [1.54, 1.807) is 36.4 Å². The van der Waals surface area contributed by atoms with Crippen molar-refractivity contribution in [2.45, 2.75) is 0 Å². The molecule has 0 saturated carbocycles. The smallest absolute Gasteiger partial charge is 0.277 e. The Kier molecular flexibility index (Phi) is 5.98. The minimum absolute atomic E-state index is 0.230. The summed E-state index contributed by atoms with van der Waals surface area (Å²) in [6.45, 7) is -0.230. The van der Waals surface area contributed by atoms with Gasteiger partial charge in [0.15, 0.2) is 6.61 Å². The predicted molar refractivity (Wildman–Crippen MR) is 88.9 cm³/mol. The first-order valence-electron chi connectivity index (χ1n) is 6.48. The number of amides is 1. The molecule has 0 radical (unpaired) electrons. The molecule has 0 aromatic heterocycles. The number of halogens is 2. The monoisotopic (exact) mass is 347 g/mol. The highest BCUT2D eigenvalue weighted by atomic mass is 35.5. The average molecular weight is 348 g/mol. The van der Waals surface area contributed by atoms with Crippen molar-refractivity contribution < 1.29 is 9.53 Å². The number of hydrazone groups is 1. The summed E-state index contributed by atoms with van der Waals surface area (Å²) in [5.41, 5.74) is 3.64. The number of ether oxygens (including phenoxy) is 1.